The first-order valence-corrected chi connectivity index (χ1v) is 11.4. The summed E-state index contributed by atoms with van der Waals surface area (Å²) in [5.74, 6) is 1.36. The second-order valence-electron chi connectivity index (χ2n) is 8.62. The van der Waals surface area contributed by atoms with Crippen molar-refractivity contribution >= 4 is 11.7 Å². The Morgan fingerprint density at radius 2 is 1.76 bits per heavy atom. The molecule has 0 radical (unpaired) electrons. The number of benzene rings is 2. The van der Waals surface area contributed by atoms with E-state index >= 15 is 0 Å². The molecule has 0 fully saturated rings. The first-order valence-electron chi connectivity index (χ1n) is 11.4. The normalized spacial score (nSPS) is 19.1. The molecule has 34 heavy (non-hydrogen) atoms. The third-order valence-corrected chi connectivity index (χ3v) is 5.19. The summed E-state index contributed by atoms with van der Waals surface area (Å²) in [7, 11) is 1.51. The molecule has 180 valence electrons. The van der Waals surface area contributed by atoms with Crippen LogP contribution in [0, 0.1) is 0 Å². The SMILES string of the molecule is COC1=C(C(=O)OC(C)C)C(C2=COC(Cc3ccccc3)O2)Oc2ccc(OC(C)C)cc21. The zero-order valence-electron chi connectivity index (χ0n) is 20.1. The average Bonchev–Trinajstić information content (AvgIpc) is 3.26. The third-order valence-electron chi connectivity index (χ3n) is 5.19. The van der Waals surface area contributed by atoms with Crippen molar-refractivity contribution in [2.45, 2.75) is 58.7 Å². The molecule has 0 aliphatic carbocycles. The molecule has 0 spiro atoms. The molecule has 0 N–H and O–H groups in total. The highest BCUT2D eigenvalue weighted by atomic mass is 16.7. The Morgan fingerprint density at radius 1 is 1.00 bits per heavy atom. The molecule has 0 saturated carbocycles. The number of ether oxygens (including phenoxy) is 6. The van der Waals surface area contributed by atoms with Gasteiger partial charge in [0.2, 0.25) is 6.29 Å². The molecule has 2 aromatic rings. The number of carbonyl (C=O) groups is 1. The van der Waals surface area contributed by atoms with E-state index in [4.69, 9.17) is 28.4 Å². The van der Waals surface area contributed by atoms with Crippen LogP contribution in [0.4, 0.5) is 0 Å². The maximum Gasteiger partial charge on any atom is 0.342 e. The van der Waals surface area contributed by atoms with Gasteiger partial charge in [0.25, 0.3) is 0 Å². The van der Waals surface area contributed by atoms with Gasteiger partial charge in [-0.05, 0) is 51.5 Å². The van der Waals surface area contributed by atoms with E-state index in [1.54, 1.807) is 26.0 Å². The van der Waals surface area contributed by atoms with Crippen LogP contribution in [0.5, 0.6) is 11.5 Å². The number of methoxy groups -OCH3 is 1. The van der Waals surface area contributed by atoms with Crippen molar-refractivity contribution < 1.29 is 33.2 Å². The molecule has 2 heterocycles. The number of hydrogen-bond acceptors (Lipinski definition) is 7. The van der Waals surface area contributed by atoms with Crippen molar-refractivity contribution in [1.82, 2.24) is 0 Å². The number of fused-ring (bicyclic) bond motifs is 1. The van der Waals surface area contributed by atoms with Gasteiger partial charge in [0.15, 0.2) is 11.9 Å². The minimum absolute atomic E-state index is 0.00796. The Balaban J connectivity index is 1.67. The van der Waals surface area contributed by atoms with Crippen LogP contribution in [0.25, 0.3) is 5.76 Å². The van der Waals surface area contributed by atoms with Crippen molar-refractivity contribution in [2.75, 3.05) is 7.11 Å². The van der Waals surface area contributed by atoms with Crippen LogP contribution in [0.2, 0.25) is 0 Å². The molecule has 0 aromatic heterocycles. The number of esters is 1. The largest absolute Gasteiger partial charge is 0.495 e. The predicted molar refractivity (Wildman–Crippen MR) is 126 cm³/mol. The van der Waals surface area contributed by atoms with E-state index in [-0.39, 0.29) is 17.8 Å². The number of carbonyl (C=O) groups excluding carboxylic acids is 1. The van der Waals surface area contributed by atoms with Crippen molar-refractivity contribution in [1.29, 1.82) is 0 Å². The smallest absolute Gasteiger partial charge is 0.342 e. The number of hydrogen-bond donors (Lipinski definition) is 0. The molecule has 2 aliphatic heterocycles. The summed E-state index contributed by atoms with van der Waals surface area (Å²) in [5, 5.41) is 0. The Hall–Kier alpha value is -3.61. The van der Waals surface area contributed by atoms with E-state index in [9.17, 15) is 4.79 Å². The first-order chi connectivity index (χ1) is 16.4. The van der Waals surface area contributed by atoms with Gasteiger partial charge in [-0.15, -0.1) is 0 Å². The van der Waals surface area contributed by atoms with E-state index in [0.717, 1.165) is 5.56 Å². The summed E-state index contributed by atoms with van der Waals surface area (Å²) in [5.41, 5.74) is 1.89. The van der Waals surface area contributed by atoms with Gasteiger partial charge in [-0.3, -0.25) is 0 Å². The van der Waals surface area contributed by atoms with Gasteiger partial charge < -0.3 is 28.4 Å². The maximum atomic E-state index is 13.2. The first kappa shape index (κ1) is 23.5. The van der Waals surface area contributed by atoms with Gasteiger partial charge in [0, 0.05) is 6.42 Å². The van der Waals surface area contributed by atoms with Crippen LogP contribution in [0.15, 0.2) is 66.1 Å². The number of rotatable bonds is 8. The second-order valence-corrected chi connectivity index (χ2v) is 8.62. The summed E-state index contributed by atoms with van der Waals surface area (Å²) < 4.78 is 35.2. The quantitative estimate of drug-likeness (QED) is 0.507. The Kier molecular flexibility index (Phi) is 7.01. The van der Waals surface area contributed by atoms with Crippen LogP contribution < -0.4 is 9.47 Å². The van der Waals surface area contributed by atoms with E-state index in [2.05, 4.69) is 0 Å². The lowest BCUT2D eigenvalue weighted by molar-refractivity contribution is -0.144. The Labute approximate surface area is 199 Å². The minimum atomic E-state index is -0.883. The lowest BCUT2D eigenvalue weighted by atomic mass is 9.98. The topological polar surface area (TPSA) is 72.5 Å². The van der Waals surface area contributed by atoms with Crippen molar-refractivity contribution in [3.05, 3.63) is 77.3 Å². The zero-order chi connectivity index (χ0) is 24.2. The molecule has 2 unspecified atom stereocenters. The van der Waals surface area contributed by atoms with Crippen LogP contribution in [0.1, 0.15) is 38.8 Å². The van der Waals surface area contributed by atoms with Gasteiger partial charge >= 0.3 is 5.97 Å². The van der Waals surface area contributed by atoms with E-state index < -0.39 is 18.4 Å². The lowest BCUT2D eigenvalue weighted by Crippen LogP contribution is -2.34. The van der Waals surface area contributed by atoms with Gasteiger partial charge in [-0.25, -0.2) is 4.79 Å². The molecule has 0 bridgehead atoms. The van der Waals surface area contributed by atoms with Crippen LogP contribution >= 0.6 is 0 Å². The summed E-state index contributed by atoms with van der Waals surface area (Å²) in [6.45, 7) is 7.47. The fraction of sp³-hybridized carbons (Fsp3) is 0.370. The van der Waals surface area contributed by atoms with Gasteiger partial charge in [0.1, 0.15) is 29.1 Å². The molecule has 0 amide bonds. The predicted octanol–water partition coefficient (Wildman–Crippen LogP) is 5.00. The Bertz CT molecular complexity index is 1090. The average molecular weight is 467 g/mol. The molecular formula is C27H30O7. The van der Waals surface area contributed by atoms with Crippen molar-refractivity contribution in [2.24, 2.45) is 0 Å². The van der Waals surface area contributed by atoms with Crippen LogP contribution in [-0.4, -0.2) is 37.7 Å². The fourth-order valence-electron chi connectivity index (χ4n) is 3.85. The van der Waals surface area contributed by atoms with Gasteiger partial charge in [0.05, 0.1) is 24.9 Å². The molecular weight excluding hydrogens is 436 g/mol. The molecule has 2 atom stereocenters. The second kappa shape index (κ2) is 10.1. The monoisotopic (exact) mass is 466 g/mol. The standard InChI is InChI=1S/C27H30O7/c1-16(2)31-19-11-12-21-20(14-19)25(29-5)24(27(28)32-17(3)4)26(34-21)22-15-30-23(33-22)13-18-9-7-6-8-10-18/h6-12,14-17,23,26H,13H2,1-5H3. The lowest BCUT2D eigenvalue weighted by Gasteiger charge is -2.30. The maximum absolute atomic E-state index is 13.2. The van der Waals surface area contributed by atoms with Crippen LogP contribution in [0.3, 0.4) is 0 Å². The van der Waals surface area contributed by atoms with Crippen LogP contribution in [-0.2, 0) is 30.2 Å². The van der Waals surface area contributed by atoms with E-state index in [1.807, 2.05) is 50.2 Å². The van der Waals surface area contributed by atoms with E-state index in [1.165, 1.54) is 13.4 Å². The van der Waals surface area contributed by atoms with Crippen molar-refractivity contribution in [3.63, 3.8) is 0 Å². The highest BCUT2D eigenvalue weighted by molar-refractivity contribution is 5.99. The van der Waals surface area contributed by atoms with Gasteiger partial charge in [-0.2, -0.15) is 0 Å². The summed E-state index contributed by atoms with van der Waals surface area (Å²) in [6, 6.07) is 15.3. The molecule has 2 aliphatic rings. The molecule has 7 nitrogen and oxygen atoms in total. The van der Waals surface area contributed by atoms with E-state index in [0.29, 0.717) is 35.0 Å². The highest BCUT2D eigenvalue weighted by Crippen LogP contribution is 2.42. The molecule has 2 aromatic carbocycles. The fourth-order valence-corrected chi connectivity index (χ4v) is 3.85. The summed E-state index contributed by atoms with van der Waals surface area (Å²) in [4.78, 5) is 13.2. The van der Waals surface area contributed by atoms with Crippen molar-refractivity contribution in [3.8, 4) is 11.5 Å². The molecule has 7 heteroatoms. The summed E-state index contributed by atoms with van der Waals surface area (Å²) in [6.07, 6.45) is 0.300. The highest BCUT2D eigenvalue weighted by Gasteiger charge is 2.41. The summed E-state index contributed by atoms with van der Waals surface area (Å²) >= 11 is 0. The molecule has 0 saturated heterocycles. The van der Waals surface area contributed by atoms with Gasteiger partial charge in [-0.1, -0.05) is 30.3 Å². The molecule has 4 rings (SSSR count). The zero-order valence-corrected chi connectivity index (χ0v) is 20.1. The minimum Gasteiger partial charge on any atom is -0.495 e. The Morgan fingerprint density at radius 3 is 2.44 bits per heavy atom. The third kappa shape index (κ3) is 5.14.